The lowest BCUT2D eigenvalue weighted by Crippen LogP contribution is -2.54. The molecule has 2 aliphatic carbocycles. The predicted octanol–water partition coefficient (Wildman–Crippen LogP) is 3.53. The number of morpholine rings is 1. The van der Waals surface area contributed by atoms with Crippen LogP contribution in [-0.2, 0) is 9.53 Å². The van der Waals surface area contributed by atoms with Crippen molar-refractivity contribution in [3.63, 3.8) is 0 Å². The van der Waals surface area contributed by atoms with Crippen LogP contribution in [0.5, 0.6) is 0 Å². The van der Waals surface area contributed by atoms with Gasteiger partial charge < -0.3 is 9.64 Å². The molecule has 1 heterocycles. The van der Waals surface area contributed by atoms with Gasteiger partial charge in [0, 0.05) is 19.0 Å². The van der Waals surface area contributed by atoms with Crippen molar-refractivity contribution >= 4 is 5.91 Å². The molecule has 0 unspecified atom stereocenters. The average Bonchev–Trinajstić information content (AvgIpc) is 2.93. The van der Waals surface area contributed by atoms with E-state index in [1.54, 1.807) is 4.90 Å². The molecule has 0 bridgehead atoms. The topological polar surface area (TPSA) is 29.5 Å². The van der Waals surface area contributed by atoms with Crippen LogP contribution in [0.4, 0.5) is 13.2 Å². The van der Waals surface area contributed by atoms with E-state index in [1.807, 2.05) is 0 Å². The third-order valence-electron chi connectivity index (χ3n) is 5.56. The zero-order valence-corrected chi connectivity index (χ0v) is 12.8. The zero-order valence-electron chi connectivity index (χ0n) is 12.8. The molecule has 0 radical (unpaired) electrons. The Balaban J connectivity index is 1.63. The monoisotopic (exact) mass is 319 g/mol. The summed E-state index contributed by atoms with van der Waals surface area (Å²) in [5.74, 6) is -1.85. The molecule has 1 amide bonds. The van der Waals surface area contributed by atoms with Gasteiger partial charge in [-0.25, -0.2) is 0 Å². The van der Waals surface area contributed by atoms with Crippen molar-refractivity contribution in [2.75, 3.05) is 19.7 Å². The first-order chi connectivity index (χ1) is 10.4. The molecule has 126 valence electrons. The van der Waals surface area contributed by atoms with Gasteiger partial charge in [0.05, 0.1) is 18.1 Å². The van der Waals surface area contributed by atoms with E-state index in [4.69, 9.17) is 4.74 Å². The Kier molecular flexibility index (Phi) is 4.40. The molecular weight excluding hydrogens is 295 g/mol. The molecule has 3 nitrogen and oxygen atoms in total. The lowest BCUT2D eigenvalue weighted by atomic mass is 9.80. The van der Waals surface area contributed by atoms with Crippen LogP contribution in [-0.4, -0.2) is 42.3 Å². The number of amides is 1. The number of alkyl halides is 3. The first-order valence-corrected chi connectivity index (χ1v) is 8.39. The lowest BCUT2D eigenvalue weighted by Gasteiger charge is -2.42. The first kappa shape index (κ1) is 16.1. The van der Waals surface area contributed by atoms with Gasteiger partial charge in [-0.2, -0.15) is 13.2 Å². The Morgan fingerprint density at radius 2 is 1.86 bits per heavy atom. The standard InChI is InChI=1S/C16H24F3NO2/c17-16(18,19)13-5-3-4-12(10-13)14(21)20-8-9-22-15(11-20)6-1-2-7-15/h12-13H,1-11H2/t12-,13+/m0/s1. The van der Waals surface area contributed by atoms with Crippen LogP contribution < -0.4 is 0 Å². The first-order valence-electron chi connectivity index (χ1n) is 8.39. The Bertz CT molecular complexity index is 418. The van der Waals surface area contributed by atoms with Crippen molar-refractivity contribution in [1.29, 1.82) is 0 Å². The molecule has 22 heavy (non-hydrogen) atoms. The van der Waals surface area contributed by atoms with Crippen LogP contribution in [0.2, 0.25) is 0 Å². The molecule has 0 N–H and O–H groups in total. The van der Waals surface area contributed by atoms with E-state index in [0.29, 0.717) is 32.5 Å². The molecule has 1 aliphatic heterocycles. The second kappa shape index (κ2) is 6.02. The van der Waals surface area contributed by atoms with Crippen LogP contribution in [0.1, 0.15) is 51.4 Å². The molecule has 6 heteroatoms. The highest BCUT2D eigenvalue weighted by atomic mass is 19.4. The minimum absolute atomic E-state index is 0.0350. The smallest absolute Gasteiger partial charge is 0.371 e. The van der Waals surface area contributed by atoms with Gasteiger partial charge in [0.25, 0.3) is 0 Å². The molecule has 1 saturated heterocycles. The fourth-order valence-corrected chi connectivity index (χ4v) is 4.32. The highest BCUT2D eigenvalue weighted by molar-refractivity contribution is 5.79. The quantitative estimate of drug-likeness (QED) is 0.740. The van der Waals surface area contributed by atoms with Gasteiger partial charge >= 0.3 is 6.18 Å². The van der Waals surface area contributed by atoms with E-state index in [9.17, 15) is 18.0 Å². The zero-order chi connectivity index (χ0) is 15.8. The molecule has 3 fully saturated rings. The highest BCUT2D eigenvalue weighted by Crippen LogP contribution is 2.41. The van der Waals surface area contributed by atoms with Gasteiger partial charge in [-0.3, -0.25) is 4.79 Å². The normalized spacial score (nSPS) is 32.4. The van der Waals surface area contributed by atoms with E-state index >= 15 is 0 Å². The number of carbonyl (C=O) groups is 1. The SMILES string of the molecule is O=C([C@H]1CCC[C@@H](C(F)(F)F)C1)N1CCOC2(CCCC2)C1. The highest BCUT2D eigenvalue weighted by Gasteiger charge is 2.46. The van der Waals surface area contributed by atoms with Gasteiger partial charge in [-0.1, -0.05) is 19.3 Å². The third kappa shape index (κ3) is 3.26. The van der Waals surface area contributed by atoms with Crippen molar-refractivity contribution in [3.05, 3.63) is 0 Å². The predicted molar refractivity (Wildman–Crippen MR) is 75.2 cm³/mol. The molecule has 0 aromatic rings. The van der Waals surface area contributed by atoms with E-state index in [2.05, 4.69) is 0 Å². The van der Waals surface area contributed by atoms with E-state index in [-0.39, 0.29) is 24.3 Å². The van der Waals surface area contributed by atoms with Crippen LogP contribution in [0.3, 0.4) is 0 Å². The van der Waals surface area contributed by atoms with E-state index in [0.717, 1.165) is 25.7 Å². The van der Waals surface area contributed by atoms with Crippen molar-refractivity contribution in [3.8, 4) is 0 Å². The molecule has 3 rings (SSSR count). The van der Waals surface area contributed by atoms with Gasteiger partial charge in [-0.15, -0.1) is 0 Å². The summed E-state index contributed by atoms with van der Waals surface area (Å²) in [5.41, 5.74) is -0.216. The van der Waals surface area contributed by atoms with Crippen molar-refractivity contribution in [2.24, 2.45) is 11.8 Å². The summed E-state index contributed by atoms with van der Waals surface area (Å²) in [7, 11) is 0. The number of nitrogens with zero attached hydrogens (tertiary/aromatic N) is 1. The fraction of sp³-hybridized carbons (Fsp3) is 0.938. The van der Waals surface area contributed by atoms with Crippen molar-refractivity contribution < 1.29 is 22.7 Å². The molecule has 0 aromatic carbocycles. The van der Waals surface area contributed by atoms with Crippen molar-refractivity contribution in [1.82, 2.24) is 4.90 Å². The van der Waals surface area contributed by atoms with Gasteiger partial charge in [0.1, 0.15) is 0 Å². The molecule has 3 aliphatic rings. The minimum Gasteiger partial charge on any atom is -0.371 e. The largest absolute Gasteiger partial charge is 0.391 e. The summed E-state index contributed by atoms with van der Waals surface area (Å²) in [4.78, 5) is 14.4. The van der Waals surface area contributed by atoms with E-state index in [1.165, 1.54) is 0 Å². The molecule has 1 spiro atoms. The summed E-state index contributed by atoms with van der Waals surface area (Å²) in [6.45, 7) is 1.61. The molecule has 0 aromatic heterocycles. The van der Waals surface area contributed by atoms with Gasteiger partial charge in [-0.05, 0) is 32.1 Å². The fourth-order valence-electron chi connectivity index (χ4n) is 4.32. The number of hydrogen-bond donors (Lipinski definition) is 0. The number of carbonyl (C=O) groups excluding carboxylic acids is 1. The summed E-state index contributed by atoms with van der Waals surface area (Å²) in [5, 5.41) is 0. The number of halogens is 3. The maximum Gasteiger partial charge on any atom is 0.391 e. The second-order valence-electron chi connectivity index (χ2n) is 7.10. The minimum atomic E-state index is -4.17. The molecular formula is C16H24F3NO2. The maximum atomic E-state index is 12.9. The van der Waals surface area contributed by atoms with Crippen LogP contribution in [0.15, 0.2) is 0 Å². The van der Waals surface area contributed by atoms with Crippen LogP contribution in [0.25, 0.3) is 0 Å². The number of rotatable bonds is 1. The van der Waals surface area contributed by atoms with Gasteiger partial charge in [0.2, 0.25) is 5.91 Å². The average molecular weight is 319 g/mol. The number of hydrogen-bond acceptors (Lipinski definition) is 2. The van der Waals surface area contributed by atoms with Crippen LogP contribution in [0, 0.1) is 11.8 Å². The van der Waals surface area contributed by atoms with Crippen LogP contribution >= 0.6 is 0 Å². The maximum absolute atomic E-state index is 12.9. The Morgan fingerprint density at radius 1 is 1.14 bits per heavy atom. The van der Waals surface area contributed by atoms with Crippen molar-refractivity contribution in [2.45, 2.75) is 63.1 Å². The summed E-state index contributed by atoms with van der Waals surface area (Å²) in [6.07, 6.45) is 1.21. The Morgan fingerprint density at radius 3 is 2.55 bits per heavy atom. The second-order valence-corrected chi connectivity index (χ2v) is 7.10. The Labute approximate surface area is 129 Å². The Hall–Kier alpha value is -0.780. The number of ether oxygens (including phenoxy) is 1. The molecule has 2 saturated carbocycles. The van der Waals surface area contributed by atoms with Gasteiger partial charge in [0.15, 0.2) is 0 Å². The summed E-state index contributed by atoms with van der Waals surface area (Å²) >= 11 is 0. The summed E-state index contributed by atoms with van der Waals surface area (Å²) < 4.78 is 44.6. The van der Waals surface area contributed by atoms with E-state index < -0.39 is 18.0 Å². The molecule has 2 atom stereocenters. The third-order valence-corrected chi connectivity index (χ3v) is 5.56. The summed E-state index contributed by atoms with van der Waals surface area (Å²) in [6, 6.07) is 0. The lowest BCUT2D eigenvalue weighted by molar-refractivity contribution is -0.188.